The summed E-state index contributed by atoms with van der Waals surface area (Å²) in [6.07, 6.45) is 2.93. The zero-order valence-corrected chi connectivity index (χ0v) is 19.1. The van der Waals surface area contributed by atoms with Crippen LogP contribution in [0.3, 0.4) is 0 Å². The van der Waals surface area contributed by atoms with Crippen LogP contribution in [-0.2, 0) is 16.4 Å². The number of rotatable bonds is 6. The average molecular weight is 471 g/mol. The number of pyridine rings is 1. The van der Waals surface area contributed by atoms with E-state index in [9.17, 15) is 23.6 Å². The number of hydrogen-bond donors (Lipinski definition) is 2. The molecule has 2 aromatic heterocycles. The highest BCUT2D eigenvalue weighted by Crippen LogP contribution is 2.32. The summed E-state index contributed by atoms with van der Waals surface area (Å²) in [5.74, 6) is -0.844. The van der Waals surface area contributed by atoms with Crippen molar-refractivity contribution in [3.8, 4) is 17.3 Å². The van der Waals surface area contributed by atoms with Crippen LogP contribution in [0.5, 0.6) is 0 Å². The van der Waals surface area contributed by atoms with Gasteiger partial charge in [-0.2, -0.15) is 5.26 Å². The van der Waals surface area contributed by atoms with Crippen LogP contribution in [0.1, 0.15) is 31.9 Å². The molecule has 1 amide bonds. The van der Waals surface area contributed by atoms with Crippen molar-refractivity contribution in [1.82, 2.24) is 14.3 Å². The number of carboxylic acid groups (broad SMARTS) is 1. The van der Waals surface area contributed by atoms with E-state index in [1.807, 2.05) is 20.8 Å². The maximum absolute atomic E-state index is 15.0. The molecular formula is C23H23FN4O4S. The minimum atomic E-state index is -4.16. The van der Waals surface area contributed by atoms with Crippen molar-refractivity contribution in [2.24, 2.45) is 5.41 Å². The van der Waals surface area contributed by atoms with Gasteiger partial charge in [0.15, 0.2) is 0 Å². The first kappa shape index (κ1) is 23.9. The minimum Gasteiger partial charge on any atom is -0.465 e. The number of nitriles is 1. The molecule has 10 heteroatoms. The molecule has 0 aliphatic heterocycles. The first-order valence-corrected chi connectivity index (χ1v) is 11.4. The van der Waals surface area contributed by atoms with Crippen LogP contribution in [0.4, 0.5) is 9.18 Å². The lowest BCUT2D eigenvalue weighted by Crippen LogP contribution is -2.44. The second kappa shape index (κ2) is 9.03. The number of hydrogen-bond acceptors (Lipinski definition) is 5. The summed E-state index contributed by atoms with van der Waals surface area (Å²) in [7, 11) is -4.16. The Morgan fingerprint density at radius 1 is 1.30 bits per heavy atom. The summed E-state index contributed by atoms with van der Waals surface area (Å²) in [5.41, 5.74) is -0.263. The van der Waals surface area contributed by atoms with E-state index >= 15 is 4.39 Å². The molecule has 2 N–H and O–H groups in total. The van der Waals surface area contributed by atoms with Crippen LogP contribution >= 0.6 is 0 Å². The number of amides is 1. The summed E-state index contributed by atoms with van der Waals surface area (Å²) in [4.78, 5) is 15.1. The Hall–Kier alpha value is -3.71. The largest absolute Gasteiger partial charge is 0.465 e. The van der Waals surface area contributed by atoms with Crippen molar-refractivity contribution >= 4 is 16.1 Å². The number of carbonyl (C=O) groups is 1. The van der Waals surface area contributed by atoms with Gasteiger partial charge in [0.1, 0.15) is 16.8 Å². The summed E-state index contributed by atoms with van der Waals surface area (Å²) >= 11 is 0. The van der Waals surface area contributed by atoms with E-state index in [2.05, 4.69) is 10.3 Å². The average Bonchev–Trinajstić information content (AvgIpc) is 3.17. The van der Waals surface area contributed by atoms with Crippen molar-refractivity contribution in [2.75, 3.05) is 0 Å². The van der Waals surface area contributed by atoms with Crippen molar-refractivity contribution in [3.05, 3.63) is 71.9 Å². The molecule has 1 unspecified atom stereocenters. The van der Waals surface area contributed by atoms with E-state index in [4.69, 9.17) is 0 Å². The van der Waals surface area contributed by atoms with E-state index < -0.39 is 33.4 Å². The minimum absolute atomic E-state index is 0.0198. The van der Waals surface area contributed by atoms with Crippen LogP contribution in [0, 0.1) is 22.6 Å². The van der Waals surface area contributed by atoms with Gasteiger partial charge in [-0.15, -0.1) is 0 Å². The predicted octanol–water partition coefficient (Wildman–Crippen LogP) is 4.02. The zero-order chi connectivity index (χ0) is 24.4. The zero-order valence-electron chi connectivity index (χ0n) is 18.3. The third-order valence-corrected chi connectivity index (χ3v) is 6.87. The van der Waals surface area contributed by atoms with Gasteiger partial charge < -0.3 is 10.4 Å². The molecule has 0 spiro atoms. The van der Waals surface area contributed by atoms with Gasteiger partial charge >= 0.3 is 6.09 Å². The van der Waals surface area contributed by atoms with Gasteiger partial charge in [0.05, 0.1) is 11.3 Å². The molecule has 0 fully saturated rings. The smallest absolute Gasteiger partial charge is 0.404 e. The lowest BCUT2D eigenvalue weighted by Gasteiger charge is -2.30. The fourth-order valence-corrected chi connectivity index (χ4v) is 4.75. The van der Waals surface area contributed by atoms with Gasteiger partial charge in [-0.1, -0.05) is 26.8 Å². The quantitative estimate of drug-likeness (QED) is 0.560. The van der Waals surface area contributed by atoms with Crippen molar-refractivity contribution < 1.29 is 22.7 Å². The number of nitrogens with one attached hydrogen (secondary N) is 1. The molecule has 2 heterocycles. The molecule has 8 nitrogen and oxygen atoms in total. The van der Waals surface area contributed by atoms with E-state index in [1.165, 1.54) is 55.0 Å². The van der Waals surface area contributed by atoms with E-state index in [0.717, 1.165) is 3.97 Å². The van der Waals surface area contributed by atoms with Crippen LogP contribution in [0.2, 0.25) is 0 Å². The molecule has 1 atom stereocenters. The molecule has 0 aliphatic carbocycles. The Morgan fingerprint density at radius 2 is 2.03 bits per heavy atom. The molecule has 3 rings (SSSR count). The van der Waals surface area contributed by atoms with Crippen molar-refractivity contribution in [3.63, 3.8) is 0 Å². The first-order chi connectivity index (χ1) is 15.4. The summed E-state index contributed by atoms with van der Waals surface area (Å²) in [5, 5.41) is 20.9. The standard InChI is InChI=1S/C23H23FN4O4S/c1-23(2,3)20(27-22(29)30)11-15-10-19(18-8-4-6-16(12-25)21(18)24)28(14-15)33(31,32)17-7-5-9-26-13-17/h4-10,13-14,20,27H,11H2,1-3H3,(H,29,30). The number of halogens is 1. The Kier molecular flexibility index (Phi) is 6.56. The van der Waals surface area contributed by atoms with Gasteiger partial charge in [-0.3, -0.25) is 4.98 Å². The summed E-state index contributed by atoms with van der Waals surface area (Å²) in [6.45, 7) is 5.57. The number of aromatic nitrogens is 2. The molecule has 172 valence electrons. The van der Waals surface area contributed by atoms with Gasteiger partial charge in [0.2, 0.25) is 0 Å². The van der Waals surface area contributed by atoms with E-state index in [1.54, 1.807) is 6.07 Å². The maximum atomic E-state index is 15.0. The van der Waals surface area contributed by atoms with Crippen molar-refractivity contribution in [1.29, 1.82) is 5.26 Å². The molecule has 0 aliphatic rings. The lowest BCUT2D eigenvalue weighted by molar-refractivity contribution is 0.174. The topological polar surface area (TPSA) is 125 Å². The summed E-state index contributed by atoms with van der Waals surface area (Å²) in [6, 6.07) is 9.71. The number of benzene rings is 1. The third kappa shape index (κ3) is 5.04. The predicted molar refractivity (Wildman–Crippen MR) is 119 cm³/mol. The highest BCUT2D eigenvalue weighted by atomic mass is 32.2. The van der Waals surface area contributed by atoms with Gasteiger partial charge in [0.25, 0.3) is 10.0 Å². The van der Waals surface area contributed by atoms with Gasteiger partial charge in [-0.05, 0) is 47.7 Å². The fourth-order valence-electron chi connectivity index (χ4n) is 3.39. The van der Waals surface area contributed by atoms with Crippen LogP contribution in [-0.4, -0.2) is 34.6 Å². The van der Waals surface area contributed by atoms with E-state index in [-0.39, 0.29) is 28.1 Å². The second-order valence-electron chi connectivity index (χ2n) is 8.57. The van der Waals surface area contributed by atoms with Crippen LogP contribution < -0.4 is 5.32 Å². The highest BCUT2D eigenvalue weighted by molar-refractivity contribution is 7.90. The Bertz CT molecular complexity index is 1320. The molecule has 1 aromatic carbocycles. The van der Waals surface area contributed by atoms with Crippen molar-refractivity contribution in [2.45, 2.75) is 38.1 Å². The van der Waals surface area contributed by atoms with E-state index in [0.29, 0.717) is 5.56 Å². The monoisotopic (exact) mass is 470 g/mol. The molecule has 33 heavy (non-hydrogen) atoms. The molecule has 0 saturated carbocycles. The van der Waals surface area contributed by atoms with Crippen LogP contribution in [0.25, 0.3) is 11.3 Å². The molecular weight excluding hydrogens is 447 g/mol. The maximum Gasteiger partial charge on any atom is 0.404 e. The molecule has 0 radical (unpaired) electrons. The molecule has 3 aromatic rings. The summed E-state index contributed by atoms with van der Waals surface area (Å²) < 4.78 is 42.8. The highest BCUT2D eigenvalue weighted by Gasteiger charge is 2.29. The second-order valence-corrected chi connectivity index (χ2v) is 10.4. The first-order valence-electron chi connectivity index (χ1n) is 10.0. The third-order valence-electron chi connectivity index (χ3n) is 5.21. The van der Waals surface area contributed by atoms with Gasteiger partial charge in [-0.25, -0.2) is 21.6 Å². The van der Waals surface area contributed by atoms with Crippen LogP contribution in [0.15, 0.2) is 59.9 Å². The SMILES string of the molecule is CC(C)(C)C(Cc1cc(-c2cccc(C#N)c2F)n(S(=O)(=O)c2cccnc2)c1)NC(=O)O. The molecule has 0 bridgehead atoms. The lowest BCUT2D eigenvalue weighted by atomic mass is 9.83. The normalized spacial score (nSPS) is 12.7. The Labute approximate surface area is 191 Å². The Balaban J connectivity index is 2.21. The molecule has 0 saturated heterocycles. The van der Waals surface area contributed by atoms with Gasteiger partial charge in [0, 0.05) is 30.2 Å². The fraction of sp³-hybridized carbons (Fsp3) is 0.261. The Morgan fingerprint density at radius 3 is 2.61 bits per heavy atom. The number of nitrogens with zero attached hydrogens (tertiary/aromatic N) is 3.